The summed E-state index contributed by atoms with van der Waals surface area (Å²) in [7, 11) is 0. The maximum atomic E-state index is 13.3. The Balaban J connectivity index is 2.69. The van der Waals surface area contributed by atoms with Gasteiger partial charge in [0.2, 0.25) is 0 Å². The van der Waals surface area contributed by atoms with Gasteiger partial charge in [0.15, 0.2) is 11.6 Å². The fraction of sp³-hybridized carbons (Fsp3) is 0.312. The second-order valence-corrected chi connectivity index (χ2v) is 5.25. The molecule has 1 aromatic heterocycles. The van der Waals surface area contributed by atoms with Crippen LogP contribution in [0.3, 0.4) is 0 Å². The summed E-state index contributed by atoms with van der Waals surface area (Å²) in [5.41, 5.74) is -2.89. The van der Waals surface area contributed by atoms with E-state index in [1.165, 1.54) is 13.8 Å². The predicted octanol–water partition coefficient (Wildman–Crippen LogP) is 2.75. The van der Waals surface area contributed by atoms with Gasteiger partial charge >= 0.3 is 11.8 Å². The third-order valence-electron chi connectivity index (χ3n) is 2.96. The van der Waals surface area contributed by atoms with Crippen LogP contribution >= 0.6 is 0 Å². The third kappa shape index (κ3) is 4.59. The number of ether oxygens (including phenoxy) is 2. The topological polar surface area (TPSA) is 82.8 Å². The van der Waals surface area contributed by atoms with Gasteiger partial charge in [-0.3, -0.25) is 9.59 Å². The highest BCUT2D eigenvalue weighted by molar-refractivity contribution is 5.89. The van der Waals surface area contributed by atoms with Crippen molar-refractivity contribution in [1.29, 1.82) is 0 Å². The molecular formula is C16H13F3O6. The SMILES string of the molecule is CC(=O)COc1cc(OCC(C)=O)c2c(C(F)(F)F)cc(=O)oc2c1. The number of hydrogen-bond donors (Lipinski definition) is 0. The van der Waals surface area contributed by atoms with Gasteiger partial charge in [0.25, 0.3) is 0 Å². The molecule has 25 heavy (non-hydrogen) atoms. The van der Waals surface area contributed by atoms with Crippen molar-refractivity contribution in [3.8, 4) is 11.5 Å². The lowest BCUT2D eigenvalue weighted by Crippen LogP contribution is -2.14. The summed E-state index contributed by atoms with van der Waals surface area (Å²) >= 11 is 0. The van der Waals surface area contributed by atoms with Crippen molar-refractivity contribution >= 4 is 22.5 Å². The fourth-order valence-electron chi connectivity index (χ4n) is 2.02. The van der Waals surface area contributed by atoms with Crippen LogP contribution in [0.4, 0.5) is 13.2 Å². The van der Waals surface area contributed by atoms with Crippen LogP contribution in [0.2, 0.25) is 0 Å². The lowest BCUT2D eigenvalue weighted by Gasteiger charge is -2.15. The molecule has 1 heterocycles. The maximum absolute atomic E-state index is 13.3. The van der Waals surface area contributed by atoms with Crippen LogP contribution in [0, 0.1) is 0 Å². The van der Waals surface area contributed by atoms with Crippen LogP contribution in [-0.2, 0) is 15.8 Å². The quantitative estimate of drug-likeness (QED) is 0.739. The standard InChI is InChI=1S/C16H13F3O6/c1-8(20)6-23-10-3-12(24-7-9(2)21)15-11(16(17,18)19)5-14(22)25-13(15)4-10/h3-5H,6-7H2,1-2H3. The van der Waals surface area contributed by atoms with E-state index in [1.807, 2.05) is 0 Å². The molecule has 0 atom stereocenters. The lowest BCUT2D eigenvalue weighted by molar-refractivity contribution is -0.136. The van der Waals surface area contributed by atoms with E-state index < -0.39 is 40.7 Å². The van der Waals surface area contributed by atoms with Crippen LogP contribution < -0.4 is 15.1 Å². The molecule has 0 saturated carbocycles. The van der Waals surface area contributed by atoms with E-state index in [2.05, 4.69) is 0 Å². The molecule has 2 aromatic rings. The van der Waals surface area contributed by atoms with E-state index in [0.29, 0.717) is 6.07 Å². The molecule has 0 fully saturated rings. The Morgan fingerprint density at radius 2 is 1.64 bits per heavy atom. The first-order valence-electron chi connectivity index (χ1n) is 7.01. The molecule has 2 rings (SSSR count). The monoisotopic (exact) mass is 358 g/mol. The lowest BCUT2D eigenvalue weighted by atomic mass is 10.1. The summed E-state index contributed by atoms with van der Waals surface area (Å²) < 4.78 is 54.8. The number of fused-ring (bicyclic) bond motifs is 1. The number of ketones is 2. The number of Topliss-reactive ketones (excluding diaryl/α,β-unsaturated/α-hetero) is 2. The summed E-state index contributed by atoms with van der Waals surface area (Å²) in [6.07, 6.45) is -4.84. The minimum atomic E-state index is -4.84. The number of carbonyl (C=O) groups excluding carboxylic acids is 2. The Morgan fingerprint density at radius 3 is 2.20 bits per heavy atom. The molecule has 1 aromatic carbocycles. The van der Waals surface area contributed by atoms with Crippen molar-refractivity contribution in [2.45, 2.75) is 20.0 Å². The summed E-state index contributed by atoms with van der Waals surface area (Å²) in [4.78, 5) is 33.5. The molecular weight excluding hydrogens is 345 g/mol. The Labute approximate surface area is 139 Å². The minimum absolute atomic E-state index is 0.0382. The van der Waals surface area contributed by atoms with Gasteiger partial charge in [-0.1, -0.05) is 0 Å². The molecule has 0 aliphatic rings. The van der Waals surface area contributed by atoms with Gasteiger partial charge in [0.05, 0.1) is 10.9 Å². The molecule has 0 aliphatic carbocycles. The van der Waals surface area contributed by atoms with Gasteiger partial charge in [-0.15, -0.1) is 0 Å². The number of halogens is 3. The predicted molar refractivity (Wildman–Crippen MR) is 79.8 cm³/mol. The third-order valence-corrected chi connectivity index (χ3v) is 2.96. The Bertz CT molecular complexity index is 882. The molecule has 9 heteroatoms. The molecule has 0 spiro atoms. The first-order chi connectivity index (χ1) is 11.6. The average molecular weight is 358 g/mol. The van der Waals surface area contributed by atoms with E-state index in [9.17, 15) is 27.6 Å². The highest BCUT2D eigenvalue weighted by Crippen LogP contribution is 2.40. The zero-order valence-electron chi connectivity index (χ0n) is 13.2. The van der Waals surface area contributed by atoms with Gasteiger partial charge < -0.3 is 13.9 Å². The zero-order chi connectivity index (χ0) is 18.8. The molecule has 0 aliphatic heterocycles. The highest BCUT2D eigenvalue weighted by atomic mass is 19.4. The molecule has 0 N–H and O–H groups in total. The van der Waals surface area contributed by atoms with Gasteiger partial charge in [0.1, 0.15) is 30.3 Å². The van der Waals surface area contributed by atoms with E-state index in [-0.39, 0.29) is 23.9 Å². The van der Waals surface area contributed by atoms with E-state index >= 15 is 0 Å². The Kier molecular flexibility index (Phi) is 5.15. The van der Waals surface area contributed by atoms with Gasteiger partial charge in [-0.05, 0) is 13.8 Å². The van der Waals surface area contributed by atoms with Crippen molar-refractivity contribution in [3.05, 3.63) is 34.2 Å². The molecule has 0 unspecified atom stereocenters. The summed E-state index contributed by atoms with van der Waals surface area (Å²) in [6, 6.07) is 2.46. The molecule has 6 nitrogen and oxygen atoms in total. The number of hydrogen-bond acceptors (Lipinski definition) is 6. The second-order valence-electron chi connectivity index (χ2n) is 5.25. The first-order valence-corrected chi connectivity index (χ1v) is 7.01. The molecule has 0 bridgehead atoms. The fourth-order valence-corrected chi connectivity index (χ4v) is 2.02. The summed E-state index contributed by atoms with van der Waals surface area (Å²) in [5.74, 6) is -1.13. The summed E-state index contributed by atoms with van der Waals surface area (Å²) in [5, 5.41) is -0.511. The number of benzene rings is 1. The molecule has 0 saturated heterocycles. The van der Waals surface area contributed by atoms with Gasteiger partial charge in [-0.2, -0.15) is 13.2 Å². The zero-order valence-corrected chi connectivity index (χ0v) is 13.2. The molecule has 134 valence electrons. The van der Waals surface area contributed by atoms with E-state index in [1.54, 1.807) is 0 Å². The molecule has 0 radical (unpaired) electrons. The molecule has 0 amide bonds. The van der Waals surface area contributed by atoms with Crippen molar-refractivity contribution in [2.75, 3.05) is 13.2 Å². The second kappa shape index (κ2) is 6.96. The Hall–Kier alpha value is -2.84. The normalized spacial score (nSPS) is 11.4. The van der Waals surface area contributed by atoms with Crippen molar-refractivity contribution < 1.29 is 36.7 Å². The van der Waals surface area contributed by atoms with Gasteiger partial charge in [-0.25, -0.2) is 4.79 Å². The van der Waals surface area contributed by atoms with Crippen LogP contribution in [0.1, 0.15) is 19.4 Å². The number of alkyl halides is 3. The van der Waals surface area contributed by atoms with E-state index in [0.717, 1.165) is 12.1 Å². The van der Waals surface area contributed by atoms with Crippen LogP contribution in [-0.4, -0.2) is 24.8 Å². The summed E-state index contributed by atoms with van der Waals surface area (Å²) in [6.45, 7) is 1.64. The van der Waals surface area contributed by atoms with Crippen LogP contribution in [0.5, 0.6) is 11.5 Å². The van der Waals surface area contributed by atoms with Crippen molar-refractivity contribution in [3.63, 3.8) is 0 Å². The minimum Gasteiger partial charge on any atom is -0.486 e. The average Bonchev–Trinajstić information content (AvgIpc) is 2.48. The largest absolute Gasteiger partial charge is 0.486 e. The maximum Gasteiger partial charge on any atom is 0.417 e. The number of carbonyl (C=O) groups is 2. The van der Waals surface area contributed by atoms with Gasteiger partial charge in [0, 0.05) is 18.2 Å². The number of rotatable bonds is 6. The van der Waals surface area contributed by atoms with Crippen molar-refractivity contribution in [2.24, 2.45) is 0 Å². The highest BCUT2D eigenvalue weighted by Gasteiger charge is 2.35. The smallest absolute Gasteiger partial charge is 0.417 e. The Morgan fingerprint density at radius 1 is 1.04 bits per heavy atom. The van der Waals surface area contributed by atoms with Crippen LogP contribution in [0.25, 0.3) is 11.0 Å². The van der Waals surface area contributed by atoms with Crippen LogP contribution in [0.15, 0.2) is 27.4 Å². The first kappa shape index (κ1) is 18.5. The van der Waals surface area contributed by atoms with Crippen molar-refractivity contribution in [1.82, 2.24) is 0 Å². The van der Waals surface area contributed by atoms with E-state index in [4.69, 9.17) is 13.9 Å².